The molecule has 5 heteroatoms. The van der Waals surface area contributed by atoms with Gasteiger partial charge >= 0.3 is 5.97 Å². The summed E-state index contributed by atoms with van der Waals surface area (Å²) >= 11 is 0. The Kier molecular flexibility index (Phi) is 4.74. The number of carbonyl (C=O) groups excluding carboxylic acids is 2. The van der Waals surface area contributed by atoms with Crippen LogP contribution in [0.3, 0.4) is 0 Å². The molecule has 0 amide bonds. The Morgan fingerprint density at radius 3 is 2.71 bits per heavy atom. The first kappa shape index (κ1) is 18.0. The summed E-state index contributed by atoms with van der Waals surface area (Å²) in [6.45, 7) is 2.49. The highest BCUT2D eigenvalue weighted by atomic mass is 16.5. The lowest BCUT2D eigenvalue weighted by molar-refractivity contribution is -0.144. The van der Waals surface area contributed by atoms with Crippen LogP contribution < -0.4 is 4.74 Å². The van der Waals surface area contributed by atoms with Gasteiger partial charge in [0.15, 0.2) is 0 Å². The second-order valence-corrected chi connectivity index (χ2v) is 7.01. The smallest absolute Gasteiger partial charge is 0.312 e. The number of hydrogen-bond acceptors (Lipinski definition) is 4. The lowest BCUT2D eigenvalue weighted by Crippen LogP contribution is -2.14. The van der Waals surface area contributed by atoms with Gasteiger partial charge in [-0.2, -0.15) is 0 Å². The number of aryl methyl sites for hydroxylation is 1. The van der Waals surface area contributed by atoms with Crippen LogP contribution in [0.1, 0.15) is 38.4 Å². The highest BCUT2D eigenvalue weighted by Crippen LogP contribution is 2.30. The van der Waals surface area contributed by atoms with Crippen molar-refractivity contribution >= 4 is 11.8 Å². The fourth-order valence-electron chi connectivity index (χ4n) is 3.46. The van der Waals surface area contributed by atoms with Crippen LogP contribution in [0.25, 0.3) is 0 Å². The number of nitrogens with zero attached hydrogens (tertiary/aromatic N) is 1. The van der Waals surface area contributed by atoms with Crippen molar-refractivity contribution in [1.82, 2.24) is 4.57 Å². The standard InChI is InChI=1S/C23H21NO4/c1-15-8-9-19-20(10-15)27-14-17-11-18(24(2)22(17)23(19)26)12-21(25)28-13-16-6-4-3-5-7-16/h3-11H,12-14H2,1-2H3. The molecule has 0 unspecified atom stereocenters. The molecule has 142 valence electrons. The van der Waals surface area contributed by atoms with E-state index in [1.54, 1.807) is 17.7 Å². The van der Waals surface area contributed by atoms with Crippen molar-refractivity contribution in [3.63, 3.8) is 0 Å². The van der Waals surface area contributed by atoms with E-state index in [1.165, 1.54) is 0 Å². The molecule has 0 saturated heterocycles. The number of ether oxygens (including phenoxy) is 2. The first-order valence-electron chi connectivity index (χ1n) is 9.18. The Bertz CT molecular complexity index is 1050. The van der Waals surface area contributed by atoms with Crippen molar-refractivity contribution < 1.29 is 19.1 Å². The van der Waals surface area contributed by atoms with Gasteiger partial charge in [0.2, 0.25) is 5.78 Å². The van der Waals surface area contributed by atoms with E-state index >= 15 is 0 Å². The van der Waals surface area contributed by atoms with Crippen molar-refractivity contribution in [2.75, 3.05) is 0 Å². The Morgan fingerprint density at radius 1 is 1.14 bits per heavy atom. The van der Waals surface area contributed by atoms with Gasteiger partial charge < -0.3 is 14.0 Å². The van der Waals surface area contributed by atoms with Crippen LogP contribution in [-0.4, -0.2) is 16.3 Å². The molecule has 1 aliphatic heterocycles. The van der Waals surface area contributed by atoms with Gasteiger partial charge in [0.25, 0.3) is 0 Å². The first-order valence-corrected chi connectivity index (χ1v) is 9.18. The number of ketones is 1. The summed E-state index contributed by atoms with van der Waals surface area (Å²) in [7, 11) is 1.80. The van der Waals surface area contributed by atoms with Gasteiger partial charge in [-0.3, -0.25) is 9.59 Å². The summed E-state index contributed by atoms with van der Waals surface area (Å²) in [6, 6.07) is 17.0. The summed E-state index contributed by atoms with van der Waals surface area (Å²) in [5, 5.41) is 0. The molecular weight excluding hydrogens is 354 g/mol. The molecule has 0 radical (unpaired) electrons. The lowest BCUT2D eigenvalue weighted by Gasteiger charge is -2.09. The third-order valence-corrected chi connectivity index (χ3v) is 4.96. The monoisotopic (exact) mass is 375 g/mol. The van der Waals surface area contributed by atoms with Crippen LogP contribution >= 0.6 is 0 Å². The number of benzene rings is 2. The third kappa shape index (κ3) is 3.43. The molecule has 0 bridgehead atoms. The van der Waals surface area contributed by atoms with Crippen molar-refractivity contribution in [3.8, 4) is 5.75 Å². The van der Waals surface area contributed by atoms with Crippen LogP contribution in [0, 0.1) is 6.92 Å². The van der Waals surface area contributed by atoms with Crippen molar-refractivity contribution in [1.29, 1.82) is 0 Å². The molecule has 0 atom stereocenters. The van der Waals surface area contributed by atoms with E-state index in [4.69, 9.17) is 9.47 Å². The average molecular weight is 375 g/mol. The Balaban J connectivity index is 1.53. The van der Waals surface area contributed by atoms with E-state index in [0.717, 1.165) is 22.4 Å². The van der Waals surface area contributed by atoms with Gasteiger partial charge in [-0.05, 0) is 36.2 Å². The van der Waals surface area contributed by atoms with Gasteiger partial charge in [0.1, 0.15) is 19.0 Å². The molecule has 1 aliphatic rings. The number of rotatable bonds is 4. The van der Waals surface area contributed by atoms with Gasteiger partial charge in [0, 0.05) is 18.3 Å². The summed E-state index contributed by atoms with van der Waals surface area (Å²) in [6.07, 6.45) is 0.102. The number of hydrogen-bond donors (Lipinski definition) is 0. The predicted octanol–water partition coefficient (Wildman–Crippen LogP) is 3.74. The van der Waals surface area contributed by atoms with Crippen LogP contribution in [0.15, 0.2) is 54.6 Å². The van der Waals surface area contributed by atoms with Crippen LogP contribution in [0.4, 0.5) is 0 Å². The van der Waals surface area contributed by atoms with E-state index in [1.807, 2.05) is 55.5 Å². The number of fused-ring (bicyclic) bond motifs is 2. The summed E-state index contributed by atoms with van der Waals surface area (Å²) in [5.74, 6) is 0.183. The zero-order valence-electron chi connectivity index (χ0n) is 15.9. The van der Waals surface area contributed by atoms with Crippen LogP contribution in [-0.2, 0) is 36.2 Å². The zero-order valence-corrected chi connectivity index (χ0v) is 15.9. The van der Waals surface area contributed by atoms with Crippen molar-refractivity contribution in [2.24, 2.45) is 7.05 Å². The highest BCUT2D eigenvalue weighted by Gasteiger charge is 2.27. The number of aromatic nitrogens is 1. The first-order chi connectivity index (χ1) is 13.5. The maximum absolute atomic E-state index is 13.1. The molecule has 2 aromatic carbocycles. The molecular formula is C23H21NO4. The second kappa shape index (κ2) is 7.35. The molecule has 0 aliphatic carbocycles. The minimum Gasteiger partial charge on any atom is -0.488 e. The predicted molar refractivity (Wildman–Crippen MR) is 104 cm³/mol. The maximum Gasteiger partial charge on any atom is 0.312 e. The highest BCUT2D eigenvalue weighted by molar-refractivity contribution is 6.11. The van der Waals surface area contributed by atoms with Crippen LogP contribution in [0.5, 0.6) is 5.75 Å². The largest absolute Gasteiger partial charge is 0.488 e. The molecule has 1 aromatic heterocycles. The second-order valence-electron chi connectivity index (χ2n) is 7.01. The van der Waals surface area contributed by atoms with E-state index in [9.17, 15) is 9.59 Å². The average Bonchev–Trinajstić information content (AvgIpc) is 2.92. The summed E-state index contributed by atoms with van der Waals surface area (Å²) in [4.78, 5) is 25.3. The fourth-order valence-corrected chi connectivity index (χ4v) is 3.46. The fraction of sp³-hybridized carbons (Fsp3) is 0.217. The van der Waals surface area contributed by atoms with Crippen LogP contribution in [0.2, 0.25) is 0 Å². The SMILES string of the molecule is Cc1ccc2c(c1)OCc1cc(CC(=O)OCc3ccccc3)n(C)c1C2=O. The molecule has 4 rings (SSSR count). The number of esters is 1. The van der Waals surface area contributed by atoms with Crippen molar-refractivity contribution in [2.45, 2.75) is 26.6 Å². The van der Waals surface area contributed by atoms with Gasteiger partial charge in [-0.25, -0.2) is 0 Å². The third-order valence-electron chi connectivity index (χ3n) is 4.96. The Labute approximate surface area is 163 Å². The molecule has 3 aromatic rings. The van der Waals surface area contributed by atoms with Gasteiger partial charge in [-0.1, -0.05) is 36.4 Å². The van der Waals surface area contributed by atoms with E-state index in [0.29, 0.717) is 23.6 Å². The molecule has 0 spiro atoms. The van der Waals surface area contributed by atoms with E-state index in [2.05, 4.69) is 0 Å². The molecule has 2 heterocycles. The Hall–Kier alpha value is -3.34. The van der Waals surface area contributed by atoms with Gasteiger partial charge in [-0.15, -0.1) is 0 Å². The minimum atomic E-state index is -0.330. The Morgan fingerprint density at radius 2 is 1.93 bits per heavy atom. The van der Waals surface area contributed by atoms with E-state index < -0.39 is 0 Å². The molecule has 5 nitrogen and oxygen atoms in total. The molecule has 0 saturated carbocycles. The normalized spacial score (nSPS) is 12.6. The quantitative estimate of drug-likeness (QED) is 0.652. The van der Waals surface area contributed by atoms with Gasteiger partial charge in [0.05, 0.1) is 17.7 Å². The summed E-state index contributed by atoms with van der Waals surface area (Å²) < 4.78 is 13.0. The molecule has 0 fully saturated rings. The van der Waals surface area contributed by atoms with Crippen molar-refractivity contribution in [3.05, 3.63) is 88.2 Å². The molecule has 28 heavy (non-hydrogen) atoms. The maximum atomic E-state index is 13.1. The lowest BCUT2D eigenvalue weighted by atomic mass is 10.0. The number of carbonyl (C=O) groups is 2. The minimum absolute atomic E-state index is 0.0890. The zero-order chi connectivity index (χ0) is 19.7. The molecule has 0 N–H and O–H groups in total. The topological polar surface area (TPSA) is 57.5 Å². The van der Waals surface area contributed by atoms with E-state index in [-0.39, 0.29) is 24.8 Å². The summed E-state index contributed by atoms with van der Waals surface area (Å²) in [5.41, 5.74) is 4.60.